The number of carbonyl (C=O) groups excluding carboxylic acids is 1. The van der Waals surface area contributed by atoms with E-state index in [1.54, 1.807) is 6.92 Å². The molecule has 4 nitrogen and oxygen atoms in total. The van der Waals surface area contributed by atoms with Crippen molar-refractivity contribution >= 4 is 5.97 Å². The summed E-state index contributed by atoms with van der Waals surface area (Å²) in [5, 5.41) is 21.3. The molecule has 1 atom stereocenters. The normalized spacial score (nSPS) is 14.0. The maximum atomic E-state index is 11.0. The molecule has 0 spiro atoms. The van der Waals surface area contributed by atoms with Crippen LogP contribution in [0.5, 0.6) is 0 Å². The Hall–Kier alpha value is -1.03. The Morgan fingerprint density at radius 3 is 2.13 bits per heavy atom. The van der Waals surface area contributed by atoms with Crippen molar-refractivity contribution in [3.63, 3.8) is 0 Å². The molecule has 0 bridgehead atoms. The molecular weight excluding hydrogens is 290 g/mol. The van der Waals surface area contributed by atoms with Crippen molar-refractivity contribution in [1.82, 2.24) is 0 Å². The number of hydrogen-bond donors (Lipinski definition) is 1. The second kappa shape index (κ2) is 12.4. The second-order valence-electron chi connectivity index (χ2n) is 6.83. The summed E-state index contributed by atoms with van der Waals surface area (Å²) in [7, 11) is 0. The smallest absolute Gasteiger partial charge is 0.145 e. The fourth-order valence-electron chi connectivity index (χ4n) is 3.10. The molecule has 0 saturated carbocycles. The molecule has 0 amide bonds. The molecule has 4 heteroatoms. The van der Waals surface area contributed by atoms with Crippen LogP contribution in [-0.2, 0) is 4.79 Å². The largest absolute Gasteiger partial charge is 0.550 e. The number of allylic oxidation sites excluding steroid dienone is 1. The Kier molecular flexibility index (Phi) is 11.8. The van der Waals surface area contributed by atoms with Gasteiger partial charge in [0, 0.05) is 24.7 Å². The maximum Gasteiger partial charge on any atom is 0.145 e. The maximum absolute atomic E-state index is 11.0. The standard InChI is InChI=1S/C19H37NO3/c1-5-8-9-10-11-18(21)16-20(13-6-2,14-7-3)15-12-17(4)19(22)23/h16-17H,5-15H2,1-4H3,(H-,21,22,23)/b18-16-. The zero-order chi connectivity index (χ0) is 17.7. The van der Waals surface area contributed by atoms with E-state index in [1.165, 1.54) is 12.8 Å². The fraction of sp³-hybridized carbons (Fsp3) is 0.842. The van der Waals surface area contributed by atoms with Gasteiger partial charge in [0.2, 0.25) is 0 Å². The van der Waals surface area contributed by atoms with Crippen LogP contribution in [0.1, 0.15) is 79.1 Å². The van der Waals surface area contributed by atoms with Crippen LogP contribution in [0.15, 0.2) is 12.0 Å². The number of nitrogens with zero attached hydrogens (tertiary/aromatic N) is 1. The molecule has 136 valence electrons. The van der Waals surface area contributed by atoms with E-state index in [0.29, 0.717) is 16.7 Å². The minimum absolute atomic E-state index is 0.443. The number of unbranched alkanes of at least 4 members (excludes halogenated alkanes) is 3. The summed E-state index contributed by atoms with van der Waals surface area (Å²) in [5.74, 6) is -0.964. The molecule has 1 N–H and O–H groups in total. The van der Waals surface area contributed by atoms with Gasteiger partial charge in [-0.25, -0.2) is 0 Å². The van der Waals surface area contributed by atoms with Crippen LogP contribution in [0.3, 0.4) is 0 Å². The molecular formula is C19H37NO3. The summed E-state index contributed by atoms with van der Waals surface area (Å²) in [4.78, 5) is 11.0. The lowest BCUT2D eigenvalue weighted by Crippen LogP contribution is -2.46. The average molecular weight is 328 g/mol. The number of rotatable bonds is 14. The molecule has 0 heterocycles. The van der Waals surface area contributed by atoms with Crippen LogP contribution in [0.25, 0.3) is 0 Å². The van der Waals surface area contributed by atoms with E-state index in [9.17, 15) is 15.0 Å². The highest BCUT2D eigenvalue weighted by Gasteiger charge is 2.25. The van der Waals surface area contributed by atoms with Crippen molar-refractivity contribution in [2.45, 2.75) is 79.1 Å². The van der Waals surface area contributed by atoms with E-state index in [0.717, 1.165) is 51.7 Å². The fourth-order valence-corrected chi connectivity index (χ4v) is 3.10. The third-order valence-electron chi connectivity index (χ3n) is 4.46. The molecule has 0 aliphatic carbocycles. The summed E-state index contributed by atoms with van der Waals surface area (Å²) in [5.41, 5.74) is 0. The van der Waals surface area contributed by atoms with Crippen molar-refractivity contribution in [3.8, 4) is 0 Å². The highest BCUT2D eigenvalue weighted by Crippen LogP contribution is 2.19. The van der Waals surface area contributed by atoms with Crippen LogP contribution in [0, 0.1) is 5.92 Å². The van der Waals surface area contributed by atoms with Gasteiger partial charge in [0.05, 0.1) is 19.6 Å². The van der Waals surface area contributed by atoms with Gasteiger partial charge >= 0.3 is 0 Å². The second-order valence-corrected chi connectivity index (χ2v) is 6.83. The minimum atomic E-state index is -0.983. The van der Waals surface area contributed by atoms with Gasteiger partial charge in [0.1, 0.15) is 12.0 Å². The molecule has 0 saturated heterocycles. The number of carbonyl (C=O) groups is 1. The monoisotopic (exact) mass is 327 g/mol. The molecule has 0 aromatic heterocycles. The van der Waals surface area contributed by atoms with E-state index in [-0.39, 0.29) is 0 Å². The lowest BCUT2D eigenvalue weighted by Gasteiger charge is -2.36. The van der Waals surface area contributed by atoms with Crippen LogP contribution < -0.4 is 5.11 Å². The zero-order valence-corrected chi connectivity index (χ0v) is 15.6. The zero-order valence-electron chi connectivity index (χ0n) is 15.6. The molecule has 0 aromatic carbocycles. The van der Waals surface area contributed by atoms with Gasteiger partial charge in [0.25, 0.3) is 0 Å². The number of quaternary nitrogens is 1. The van der Waals surface area contributed by atoms with Crippen LogP contribution in [0.4, 0.5) is 0 Å². The van der Waals surface area contributed by atoms with Gasteiger partial charge in [-0.15, -0.1) is 0 Å². The summed E-state index contributed by atoms with van der Waals surface area (Å²) in [6, 6.07) is 0. The Bertz CT molecular complexity index is 347. The van der Waals surface area contributed by atoms with Gasteiger partial charge in [0.15, 0.2) is 0 Å². The van der Waals surface area contributed by atoms with Crippen LogP contribution in [-0.4, -0.2) is 35.2 Å². The summed E-state index contributed by atoms with van der Waals surface area (Å²) in [6.45, 7) is 10.8. The van der Waals surface area contributed by atoms with E-state index < -0.39 is 11.9 Å². The van der Waals surface area contributed by atoms with Crippen LogP contribution >= 0.6 is 0 Å². The minimum Gasteiger partial charge on any atom is -0.550 e. The Labute approximate surface area is 142 Å². The van der Waals surface area contributed by atoms with Crippen molar-refractivity contribution < 1.29 is 19.5 Å². The topological polar surface area (TPSA) is 60.4 Å². The number of aliphatic hydroxyl groups is 1. The number of carboxylic acids is 1. The number of carboxylic acid groups (broad SMARTS) is 1. The lowest BCUT2D eigenvalue weighted by molar-refractivity contribution is -0.881. The third kappa shape index (κ3) is 9.65. The molecule has 0 fully saturated rings. The average Bonchev–Trinajstić information content (AvgIpc) is 2.49. The van der Waals surface area contributed by atoms with Crippen molar-refractivity contribution in [2.75, 3.05) is 19.6 Å². The first-order chi connectivity index (χ1) is 10.9. The Morgan fingerprint density at radius 2 is 1.65 bits per heavy atom. The van der Waals surface area contributed by atoms with Crippen molar-refractivity contribution in [1.29, 1.82) is 0 Å². The Morgan fingerprint density at radius 1 is 1.04 bits per heavy atom. The van der Waals surface area contributed by atoms with E-state index >= 15 is 0 Å². The number of aliphatic hydroxyl groups excluding tert-OH is 1. The quantitative estimate of drug-likeness (QED) is 0.300. The Balaban J connectivity index is 4.89. The first-order valence-corrected chi connectivity index (χ1v) is 9.38. The summed E-state index contributed by atoms with van der Waals surface area (Å²) < 4.78 is 0.685. The van der Waals surface area contributed by atoms with E-state index in [4.69, 9.17) is 0 Å². The summed E-state index contributed by atoms with van der Waals surface area (Å²) in [6.07, 6.45) is 9.89. The molecule has 0 aliphatic rings. The predicted molar refractivity (Wildman–Crippen MR) is 93.7 cm³/mol. The van der Waals surface area contributed by atoms with E-state index in [2.05, 4.69) is 20.8 Å². The van der Waals surface area contributed by atoms with E-state index in [1.807, 2.05) is 6.20 Å². The highest BCUT2D eigenvalue weighted by atomic mass is 16.4. The molecule has 0 radical (unpaired) electrons. The molecule has 1 unspecified atom stereocenters. The van der Waals surface area contributed by atoms with Gasteiger partial charge in [-0.1, -0.05) is 47.0 Å². The van der Waals surface area contributed by atoms with Gasteiger partial charge in [-0.05, 0) is 19.3 Å². The first-order valence-electron chi connectivity index (χ1n) is 9.38. The van der Waals surface area contributed by atoms with Crippen molar-refractivity contribution in [2.24, 2.45) is 5.92 Å². The molecule has 0 rings (SSSR count). The first kappa shape index (κ1) is 22.0. The SMILES string of the molecule is CCCCCC/C(O)=C/[N+](CCC)(CCC)CCC(C)C(=O)[O-]. The van der Waals surface area contributed by atoms with Crippen molar-refractivity contribution in [3.05, 3.63) is 12.0 Å². The van der Waals surface area contributed by atoms with Gasteiger partial charge in [-0.3, -0.25) is 4.48 Å². The lowest BCUT2D eigenvalue weighted by atomic mass is 10.1. The predicted octanol–water partition coefficient (Wildman–Crippen LogP) is 3.77. The third-order valence-corrected chi connectivity index (χ3v) is 4.46. The van der Waals surface area contributed by atoms with Gasteiger partial charge < -0.3 is 15.0 Å². The van der Waals surface area contributed by atoms with Crippen LogP contribution in [0.2, 0.25) is 0 Å². The highest BCUT2D eigenvalue weighted by molar-refractivity contribution is 5.66. The molecule has 0 aliphatic heterocycles. The summed E-state index contributed by atoms with van der Waals surface area (Å²) >= 11 is 0. The molecule has 0 aromatic rings. The number of hydrogen-bond acceptors (Lipinski definition) is 3. The molecule has 23 heavy (non-hydrogen) atoms. The van der Waals surface area contributed by atoms with Gasteiger partial charge in [-0.2, -0.15) is 0 Å². The number of aliphatic carboxylic acids is 1.